The SMILES string of the molecule is CCCC1CC(NCC[C@@]2(c3ccccn3)CCOC3(CCCC3)C2)c2ccnn21. The second-order valence-corrected chi connectivity index (χ2v) is 9.80. The molecule has 2 aromatic heterocycles. The molecular weight excluding hydrogens is 372 g/mol. The van der Waals surface area contributed by atoms with Crippen LogP contribution in [0.3, 0.4) is 0 Å². The van der Waals surface area contributed by atoms with E-state index in [0.717, 1.165) is 32.4 Å². The number of fused-ring (bicyclic) bond motifs is 1. The number of aromatic nitrogens is 3. The summed E-state index contributed by atoms with van der Waals surface area (Å²) in [5.74, 6) is 0. The minimum absolute atomic E-state index is 0.0912. The zero-order chi connectivity index (χ0) is 20.4. The number of ether oxygens (including phenoxy) is 1. The van der Waals surface area contributed by atoms with E-state index in [1.807, 2.05) is 18.5 Å². The summed E-state index contributed by atoms with van der Waals surface area (Å²) >= 11 is 0. The maximum Gasteiger partial charge on any atom is 0.0691 e. The van der Waals surface area contributed by atoms with Crippen molar-refractivity contribution in [3.63, 3.8) is 0 Å². The van der Waals surface area contributed by atoms with Crippen molar-refractivity contribution in [1.29, 1.82) is 0 Å². The lowest BCUT2D eigenvalue weighted by atomic mass is 9.68. The summed E-state index contributed by atoms with van der Waals surface area (Å²) in [7, 11) is 0. The number of nitrogens with zero attached hydrogens (tertiary/aromatic N) is 3. The van der Waals surface area contributed by atoms with Gasteiger partial charge in [0.1, 0.15) is 0 Å². The molecule has 1 saturated heterocycles. The molecule has 30 heavy (non-hydrogen) atoms. The molecular formula is C25H36N4O. The predicted molar refractivity (Wildman–Crippen MR) is 118 cm³/mol. The third kappa shape index (κ3) is 3.71. The van der Waals surface area contributed by atoms with Crippen LogP contribution in [0, 0.1) is 0 Å². The van der Waals surface area contributed by atoms with Gasteiger partial charge < -0.3 is 10.1 Å². The molecule has 2 aliphatic heterocycles. The quantitative estimate of drug-likeness (QED) is 0.692. The molecule has 1 spiro atoms. The highest BCUT2D eigenvalue weighted by Gasteiger charge is 2.48. The molecule has 0 bridgehead atoms. The molecule has 3 aliphatic rings. The van der Waals surface area contributed by atoms with Crippen molar-refractivity contribution in [2.24, 2.45) is 0 Å². The fourth-order valence-electron chi connectivity index (χ4n) is 6.44. The Bertz CT molecular complexity index is 829. The monoisotopic (exact) mass is 408 g/mol. The Morgan fingerprint density at radius 3 is 2.87 bits per heavy atom. The topological polar surface area (TPSA) is 52.0 Å². The summed E-state index contributed by atoms with van der Waals surface area (Å²) in [6, 6.07) is 9.60. The summed E-state index contributed by atoms with van der Waals surface area (Å²) < 4.78 is 8.66. The van der Waals surface area contributed by atoms with Gasteiger partial charge in [-0.05, 0) is 69.7 Å². The van der Waals surface area contributed by atoms with Gasteiger partial charge in [0.25, 0.3) is 0 Å². The predicted octanol–water partition coefficient (Wildman–Crippen LogP) is 5.11. The van der Waals surface area contributed by atoms with Gasteiger partial charge in [-0.15, -0.1) is 0 Å². The lowest BCUT2D eigenvalue weighted by Crippen LogP contribution is -2.47. The normalized spacial score (nSPS) is 30.0. The largest absolute Gasteiger partial charge is 0.375 e. The minimum atomic E-state index is 0.0912. The zero-order valence-electron chi connectivity index (χ0n) is 18.4. The second kappa shape index (κ2) is 8.43. The van der Waals surface area contributed by atoms with Gasteiger partial charge in [-0.25, -0.2) is 0 Å². The molecule has 1 N–H and O–H groups in total. The fraction of sp³-hybridized carbons (Fsp3) is 0.680. The maximum absolute atomic E-state index is 6.40. The molecule has 1 aliphatic carbocycles. The first-order valence-electron chi connectivity index (χ1n) is 12.1. The lowest BCUT2D eigenvalue weighted by molar-refractivity contribution is -0.104. The van der Waals surface area contributed by atoms with E-state index in [1.165, 1.54) is 56.3 Å². The Morgan fingerprint density at radius 1 is 1.17 bits per heavy atom. The summed E-state index contributed by atoms with van der Waals surface area (Å²) in [6.45, 7) is 4.15. The number of pyridine rings is 1. The Morgan fingerprint density at radius 2 is 2.07 bits per heavy atom. The van der Waals surface area contributed by atoms with Gasteiger partial charge in [0.05, 0.1) is 23.4 Å². The molecule has 162 valence electrons. The van der Waals surface area contributed by atoms with Crippen molar-refractivity contribution in [2.45, 2.75) is 94.2 Å². The van der Waals surface area contributed by atoms with Crippen LogP contribution in [0.15, 0.2) is 36.7 Å². The van der Waals surface area contributed by atoms with Crippen LogP contribution in [0.1, 0.15) is 94.6 Å². The highest BCUT2D eigenvalue weighted by molar-refractivity contribution is 5.21. The number of rotatable bonds is 7. The first-order chi connectivity index (χ1) is 14.7. The molecule has 3 atom stereocenters. The van der Waals surface area contributed by atoms with Crippen LogP contribution in [0.2, 0.25) is 0 Å². The highest BCUT2D eigenvalue weighted by Crippen LogP contribution is 2.49. The van der Waals surface area contributed by atoms with Crippen molar-refractivity contribution in [2.75, 3.05) is 13.2 Å². The van der Waals surface area contributed by atoms with Crippen LogP contribution in [0.25, 0.3) is 0 Å². The van der Waals surface area contributed by atoms with Crippen LogP contribution in [0.4, 0.5) is 0 Å². The van der Waals surface area contributed by atoms with Crippen molar-refractivity contribution in [3.8, 4) is 0 Å². The van der Waals surface area contributed by atoms with Crippen molar-refractivity contribution in [3.05, 3.63) is 48.0 Å². The molecule has 2 aromatic rings. The second-order valence-electron chi connectivity index (χ2n) is 9.80. The van der Waals surface area contributed by atoms with Crippen LogP contribution in [-0.2, 0) is 10.2 Å². The van der Waals surface area contributed by atoms with Gasteiger partial charge in [-0.1, -0.05) is 32.3 Å². The average Bonchev–Trinajstić information content (AvgIpc) is 3.49. The van der Waals surface area contributed by atoms with Gasteiger partial charge in [0.2, 0.25) is 0 Å². The highest BCUT2D eigenvalue weighted by atomic mass is 16.5. The van der Waals surface area contributed by atoms with Crippen LogP contribution < -0.4 is 5.32 Å². The molecule has 5 nitrogen and oxygen atoms in total. The number of nitrogens with one attached hydrogen (secondary N) is 1. The van der Waals surface area contributed by atoms with Crippen LogP contribution in [-0.4, -0.2) is 33.5 Å². The van der Waals surface area contributed by atoms with Crippen molar-refractivity contribution in [1.82, 2.24) is 20.1 Å². The van der Waals surface area contributed by atoms with Gasteiger partial charge in [-0.3, -0.25) is 9.67 Å². The lowest BCUT2D eigenvalue weighted by Gasteiger charge is -2.46. The molecule has 5 heteroatoms. The summed E-state index contributed by atoms with van der Waals surface area (Å²) in [6.07, 6.45) is 15.9. The number of hydrogen-bond donors (Lipinski definition) is 1. The number of hydrogen-bond acceptors (Lipinski definition) is 4. The maximum atomic E-state index is 6.40. The molecule has 0 aromatic carbocycles. The fourth-order valence-corrected chi connectivity index (χ4v) is 6.44. The Labute approximate surface area is 180 Å². The first kappa shape index (κ1) is 20.2. The Balaban J connectivity index is 1.31. The van der Waals surface area contributed by atoms with Crippen molar-refractivity contribution < 1.29 is 4.74 Å². The van der Waals surface area contributed by atoms with Gasteiger partial charge in [0, 0.05) is 30.1 Å². The molecule has 2 unspecified atom stereocenters. The molecule has 0 radical (unpaired) electrons. The van der Waals surface area contributed by atoms with Gasteiger partial charge in [-0.2, -0.15) is 5.10 Å². The molecule has 0 amide bonds. The third-order valence-electron chi connectivity index (χ3n) is 7.90. The Kier molecular flexibility index (Phi) is 5.67. The summed E-state index contributed by atoms with van der Waals surface area (Å²) in [4.78, 5) is 4.85. The Hall–Kier alpha value is -1.72. The van der Waals surface area contributed by atoms with E-state index in [1.54, 1.807) is 0 Å². The first-order valence-corrected chi connectivity index (χ1v) is 12.1. The molecule has 4 heterocycles. The smallest absolute Gasteiger partial charge is 0.0691 e. The van der Waals surface area contributed by atoms with Crippen molar-refractivity contribution >= 4 is 0 Å². The molecule has 5 rings (SSSR count). The van der Waals surface area contributed by atoms with E-state index < -0.39 is 0 Å². The summed E-state index contributed by atoms with van der Waals surface area (Å²) in [5.41, 5.74) is 2.84. The van der Waals surface area contributed by atoms with E-state index in [-0.39, 0.29) is 11.0 Å². The van der Waals surface area contributed by atoms with E-state index in [9.17, 15) is 0 Å². The van der Waals surface area contributed by atoms with Crippen LogP contribution in [0.5, 0.6) is 0 Å². The molecule has 2 fully saturated rings. The standard InChI is InChI=1S/C25H36N4O/c1-2-7-20-18-21(22-9-15-28-29(20)22)26-16-12-24(23-8-3-6-14-27-23)13-17-30-25(19-24)10-4-5-11-25/h3,6,8-9,14-15,20-21,26H,2,4-5,7,10-13,16-19H2,1H3/t20?,21?,24-/m1/s1. The average molecular weight is 409 g/mol. The van der Waals surface area contributed by atoms with E-state index in [4.69, 9.17) is 9.72 Å². The summed E-state index contributed by atoms with van der Waals surface area (Å²) in [5, 5.41) is 8.51. The van der Waals surface area contributed by atoms with E-state index >= 15 is 0 Å². The van der Waals surface area contributed by atoms with E-state index in [0.29, 0.717) is 12.1 Å². The van der Waals surface area contributed by atoms with Crippen LogP contribution >= 0.6 is 0 Å². The minimum Gasteiger partial charge on any atom is -0.375 e. The third-order valence-corrected chi connectivity index (χ3v) is 7.90. The van der Waals surface area contributed by atoms with Gasteiger partial charge >= 0.3 is 0 Å². The van der Waals surface area contributed by atoms with E-state index in [2.05, 4.69) is 40.2 Å². The molecule has 1 saturated carbocycles. The zero-order valence-corrected chi connectivity index (χ0v) is 18.4. The van der Waals surface area contributed by atoms with Gasteiger partial charge in [0.15, 0.2) is 0 Å².